The lowest BCUT2D eigenvalue weighted by Gasteiger charge is -2.19. The van der Waals surface area contributed by atoms with Crippen molar-refractivity contribution >= 4 is 22.1 Å². The molecule has 1 N–H and O–H groups in total. The summed E-state index contributed by atoms with van der Waals surface area (Å²) >= 11 is 0. The Balaban J connectivity index is 1.76. The lowest BCUT2D eigenvalue weighted by atomic mass is 9.87. The first kappa shape index (κ1) is 31.1. The van der Waals surface area contributed by atoms with Gasteiger partial charge >= 0.3 is 11.9 Å². The molecule has 0 saturated heterocycles. The van der Waals surface area contributed by atoms with Crippen LogP contribution in [0.1, 0.15) is 59.1 Å². The fourth-order valence-corrected chi connectivity index (χ4v) is 3.99. The van der Waals surface area contributed by atoms with Crippen LogP contribution in [0.5, 0.6) is 11.5 Å². The van der Waals surface area contributed by atoms with Crippen LogP contribution in [0.4, 0.5) is 0 Å². The van der Waals surface area contributed by atoms with Crippen molar-refractivity contribution in [1.29, 1.82) is 0 Å². The van der Waals surface area contributed by atoms with Crippen molar-refractivity contribution in [3.8, 4) is 11.5 Å². The fourth-order valence-electron chi connectivity index (χ4n) is 3.33. The molecule has 0 radical (unpaired) electrons. The van der Waals surface area contributed by atoms with Crippen molar-refractivity contribution in [2.75, 3.05) is 26.4 Å². The Morgan fingerprint density at radius 3 is 1.47 bits per heavy atom. The Kier molecular flexibility index (Phi) is 10.7. The van der Waals surface area contributed by atoms with Crippen molar-refractivity contribution in [2.24, 2.45) is 0 Å². The van der Waals surface area contributed by atoms with E-state index in [0.717, 1.165) is 11.1 Å². The molecule has 1 unspecified atom stereocenters. The molecule has 210 valence electrons. The number of carbonyl (C=O) groups is 2. The molecule has 0 heterocycles. The second-order valence-electron chi connectivity index (χ2n) is 10.8. The average molecular weight is 551 g/mol. The van der Waals surface area contributed by atoms with Crippen LogP contribution in [-0.2, 0) is 40.0 Å². The molecule has 0 aromatic heterocycles. The standard InChI is InChI=1S/C28H38O9S/c1-27(2,3)20-7-11-22(12-8-20)34-15-17-36-25(29)19-24(38(31,32)33)26(30)37-18-16-35-23-13-9-21(10-14-23)28(4,5)6/h7-14,24H,15-19H2,1-6H3,(H,31,32,33). The second kappa shape index (κ2) is 13.1. The first-order chi connectivity index (χ1) is 17.6. The van der Waals surface area contributed by atoms with E-state index < -0.39 is 33.7 Å². The molecule has 0 amide bonds. The summed E-state index contributed by atoms with van der Waals surface area (Å²) in [5.74, 6) is -1.13. The predicted molar refractivity (Wildman–Crippen MR) is 143 cm³/mol. The SMILES string of the molecule is CC(C)(C)c1ccc(OCCOC(=O)CC(C(=O)OCCOc2ccc(C(C)(C)C)cc2)S(=O)(=O)O)cc1. The zero-order chi connectivity index (χ0) is 28.6. The van der Waals surface area contributed by atoms with Crippen molar-refractivity contribution in [3.05, 3.63) is 59.7 Å². The number of ether oxygens (including phenoxy) is 4. The zero-order valence-corrected chi connectivity index (χ0v) is 23.7. The number of esters is 2. The molecule has 0 saturated carbocycles. The molecular weight excluding hydrogens is 512 g/mol. The summed E-state index contributed by atoms with van der Waals surface area (Å²) in [7, 11) is -4.90. The molecule has 0 aliphatic heterocycles. The zero-order valence-electron chi connectivity index (χ0n) is 22.9. The summed E-state index contributed by atoms with van der Waals surface area (Å²) in [6.45, 7) is 12.1. The highest BCUT2D eigenvalue weighted by Gasteiger charge is 2.35. The van der Waals surface area contributed by atoms with Gasteiger partial charge in [0, 0.05) is 0 Å². The minimum Gasteiger partial charge on any atom is -0.490 e. The molecule has 2 rings (SSSR count). The Morgan fingerprint density at radius 2 is 1.11 bits per heavy atom. The Hall–Kier alpha value is -3.11. The third kappa shape index (κ3) is 10.3. The van der Waals surface area contributed by atoms with Crippen molar-refractivity contribution < 1.29 is 41.5 Å². The predicted octanol–water partition coefficient (Wildman–Crippen LogP) is 4.47. The number of hydrogen-bond acceptors (Lipinski definition) is 8. The van der Waals surface area contributed by atoms with E-state index in [1.54, 1.807) is 24.3 Å². The minimum atomic E-state index is -4.90. The van der Waals surface area contributed by atoms with E-state index in [1.165, 1.54) is 0 Å². The smallest absolute Gasteiger partial charge is 0.327 e. The van der Waals surface area contributed by atoms with E-state index in [2.05, 4.69) is 41.5 Å². The van der Waals surface area contributed by atoms with Gasteiger partial charge in [-0.1, -0.05) is 65.8 Å². The highest BCUT2D eigenvalue weighted by atomic mass is 32.2. The molecule has 0 spiro atoms. The van der Waals surface area contributed by atoms with Crippen LogP contribution in [-0.4, -0.2) is 56.6 Å². The van der Waals surface area contributed by atoms with E-state index in [-0.39, 0.29) is 37.3 Å². The van der Waals surface area contributed by atoms with Crippen LogP contribution < -0.4 is 9.47 Å². The molecule has 1 atom stereocenters. The molecule has 0 aliphatic rings. The van der Waals surface area contributed by atoms with Gasteiger partial charge in [-0.2, -0.15) is 8.42 Å². The van der Waals surface area contributed by atoms with Crippen molar-refractivity contribution in [1.82, 2.24) is 0 Å². The molecule has 38 heavy (non-hydrogen) atoms. The monoisotopic (exact) mass is 550 g/mol. The van der Waals surface area contributed by atoms with Gasteiger partial charge in [0.2, 0.25) is 0 Å². The number of hydrogen-bond donors (Lipinski definition) is 1. The minimum absolute atomic E-state index is 0.00415. The van der Waals surface area contributed by atoms with Crippen LogP contribution in [0, 0.1) is 0 Å². The molecule has 0 bridgehead atoms. The van der Waals surface area contributed by atoms with E-state index in [0.29, 0.717) is 11.5 Å². The maximum Gasteiger partial charge on any atom is 0.327 e. The quantitative estimate of drug-likeness (QED) is 0.231. The molecule has 0 aliphatic carbocycles. The summed E-state index contributed by atoms with van der Waals surface area (Å²) < 4.78 is 53.7. The van der Waals surface area contributed by atoms with Gasteiger partial charge in [0.25, 0.3) is 10.1 Å². The van der Waals surface area contributed by atoms with Gasteiger partial charge in [0.05, 0.1) is 6.42 Å². The van der Waals surface area contributed by atoms with E-state index >= 15 is 0 Å². The average Bonchev–Trinajstić information content (AvgIpc) is 2.81. The largest absolute Gasteiger partial charge is 0.490 e. The lowest BCUT2D eigenvalue weighted by Crippen LogP contribution is -2.35. The van der Waals surface area contributed by atoms with E-state index in [1.807, 2.05) is 24.3 Å². The van der Waals surface area contributed by atoms with Gasteiger partial charge in [-0.15, -0.1) is 0 Å². The summed E-state index contributed by atoms with van der Waals surface area (Å²) in [5, 5.41) is -2.10. The maximum atomic E-state index is 12.3. The Morgan fingerprint density at radius 1 is 0.711 bits per heavy atom. The Bertz CT molecular complexity index is 1160. The normalized spacial score (nSPS) is 12.9. The number of carbonyl (C=O) groups excluding carboxylic acids is 2. The topological polar surface area (TPSA) is 125 Å². The van der Waals surface area contributed by atoms with Crippen molar-refractivity contribution in [3.63, 3.8) is 0 Å². The molecule has 0 fully saturated rings. The highest BCUT2D eigenvalue weighted by Crippen LogP contribution is 2.25. The number of rotatable bonds is 12. The fraction of sp³-hybridized carbons (Fsp3) is 0.500. The number of benzene rings is 2. The van der Waals surface area contributed by atoms with Crippen LogP contribution in [0.3, 0.4) is 0 Å². The Labute approximate surface area is 225 Å². The molecule has 2 aromatic carbocycles. The molecule has 2 aromatic rings. The molecule has 9 nitrogen and oxygen atoms in total. The van der Waals surface area contributed by atoms with Crippen LogP contribution >= 0.6 is 0 Å². The highest BCUT2D eigenvalue weighted by molar-refractivity contribution is 7.87. The summed E-state index contributed by atoms with van der Waals surface area (Å²) in [5.41, 5.74) is 2.26. The first-order valence-corrected chi connectivity index (χ1v) is 13.8. The van der Waals surface area contributed by atoms with E-state index in [4.69, 9.17) is 18.9 Å². The molecule has 10 heteroatoms. The second-order valence-corrected chi connectivity index (χ2v) is 12.4. The van der Waals surface area contributed by atoms with Gasteiger partial charge in [-0.3, -0.25) is 14.1 Å². The summed E-state index contributed by atoms with van der Waals surface area (Å²) in [6, 6.07) is 14.9. The van der Waals surface area contributed by atoms with Crippen LogP contribution in [0.2, 0.25) is 0 Å². The molecular formula is C28H38O9S. The van der Waals surface area contributed by atoms with Gasteiger partial charge < -0.3 is 18.9 Å². The third-order valence-corrected chi connectivity index (χ3v) is 6.70. The van der Waals surface area contributed by atoms with Crippen LogP contribution in [0.15, 0.2) is 48.5 Å². The lowest BCUT2D eigenvalue weighted by molar-refractivity contribution is -0.150. The van der Waals surface area contributed by atoms with Gasteiger partial charge in [-0.05, 0) is 46.2 Å². The van der Waals surface area contributed by atoms with Crippen LogP contribution in [0.25, 0.3) is 0 Å². The summed E-state index contributed by atoms with van der Waals surface area (Å²) in [6.07, 6.45) is -0.896. The van der Waals surface area contributed by atoms with Gasteiger partial charge in [0.15, 0.2) is 5.25 Å². The maximum absolute atomic E-state index is 12.3. The van der Waals surface area contributed by atoms with Gasteiger partial charge in [-0.25, -0.2) is 0 Å². The summed E-state index contributed by atoms with van der Waals surface area (Å²) in [4.78, 5) is 24.4. The first-order valence-electron chi connectivity index (χ1n) is 12.3. The third-order valence-electron chi connectivity index (χ3n) is 5.63. The van der Waals surface area contributed by atoms with Gasteiger partial charge in [0.1, 0.15) is 37.9 Å². The van der Waals surface area contributed by atoms with E-state index in [9.17, 15) is 22.6 Å². The van der Waals surface area contributed by atoms with Crippen molar-refractivity contribution in [2.45, 2.75) is 64.0 Å².